The first-order valence-electron chi connectivity index (χ1n) is 5.85. The van der Waals surface area contributed by atoms with Crippen molar-refractivity contribution in [2.75, 3.05) is 18.1 Å². The third kappa shape index (κ3) is 3.71. The van der Waals surface area contributed by atoms with Crippen LogP contribution in [-0.2, 0) is 6.54 Å². The summed E-state index contributed by atoms with van der Waals surface area (Å²) in [4.78, 5) is 0. The van der Waals surface area contributed by atoms with Gasteiger partial charge in [0.15, 0.2) is 0 Å². The van der Waals surface area contributed by atoms with Crippen molar-refractivity contribution in [2.45, 2.75) is 25.5 Å². The van der Waals surface area contributed by atoms with Crippen molar-refractivity contribution in [1.82, 2.24) is 5.32 Å². The number of thioether (sulfide) groups is 1. The van der Waals surface area contributed by atoms with Gasteiger partial charge in [-0.15, -0.1) is 0 Å². The van der Waals surface area contributed by atoms with E-state index < -0.39 is 5.60 Å². The molecule has 1 aromatic rings. The Labute approximate surface area is 115 Å². The van der Waals surface area contributed by atoms with Crippen molar-refractivity contribution < 1.29 is 5.11 Å². The van der Waals surface area contributed by atoms with Crippen molar-refractivity contribution in [1.29, 1.82) is 0 Å². The van der Waals surface area contributed by atoms with E-state index in [1.807, 2.05) is 11.8 Å². The molecule has 1 heterocycles. The lowest BCUT2D eigenvalue weighted by Crippen LogP contribution is -2.40. The lowest BCUT2D eigenvalue weighted by Gasteiger charge is -2.21. The van der Waals surface area contributed by atoms with Crippen LogP contribution in [-0.4, -0.2) is 28.8 Å². The summed E-state index contributed by atoms with van der Waals surface area (Å²) in [5, 5.41) is 13.5. The van der Waals surface area contributed by atoms with Crippen LogP contribution in [0.3, 0.4) is 0 Å². The molecule has 1 fully saturated rings. The molecule has 1 aliphatic rings. The van der Waals surface area contributed by atoms with Gasteiger partial charge in [0.2, 0.25) is 0 Å². The molecule has 2 N–H and O–H groups in total. The summed E-state index contributed by atoms with van der Waals surface area (Å²) in [5.74, 6) is 1.93. The highest BCUT2D eigenvalue weighted by atomic mass is 79.9. The number of hydrogen-bond donors (Lipinski definition) is 2. The van der Waals surface area contributed by atoms with Crippen LogP contribution < -0.4 is 5.32 Å². The molecule has 0 aromatic heterocycles. The molecular formula is C13H18BrNOS. The third-order valence-electron chi connectivity index (χ3n) is 3.06. The quantitative estimate of drug-likeness (QED) is 0.896. The normalized spacial score (nSPS) is 24.2. The lowest BCUT2D eigenvalue weighted by molar-refractivity contribution is 0.0674. The molecule has 17 heavy (non-hydrogen) atoms. The molecule has 0 unspecified atom stereocenters. The first kappa shape index (κ1) is 13.4. The Hall–Kier alpha value is -0.0300. The predicted octanol–water partition coefficient (Wildman–Crippen LogP) is 2.72. The van der Waals surface area contributed by atoms with Gasteiger partial charge in [0.1, 0.15) is 0 Å². The van der Waals surface area contributed by atoms with Gasteiger partial charge in [-0.25, -0.2) is 0 Å². The number of rotatable bonds is 4. The van der Waals surface area contributed by atoms with Crippen molar-refractivity contribution in [3.8, 4) is 0 Å². The van der Waals surface area contributed by atoms with Crippen LogP contribution in [0.4, 0.5) is 0 Å². The molecule has 0 saturated carbocycles. The minimum atomic E-state index is -0.498. The average Bonchev–Trinajstić information content (AvgIpc) is 2.69. The molecule has 1 saturated heterocycles. The third-order valence-corrected chi connectivity index (χ3v) is 5.03. The SMILES string of the molecule is Cc1ccc(CNC[C@]2(O)CCSC2)c(Br)c1. The van der Waals surface area contributed by atoms with E-state index in [0.717, 1.165) is 28.9 Å². The highest BCUT2D eigenvalue weighted by Gasteiger charge is 2.30. The van der Waals surface area contributed by atoms with E-state index in [4.69, 9.17) is 0 Å². The molecule has 0 bridgehead atoms. The standard InChI is InChI=1S/C13H18BrNOS/c1-10-2-3-11(12(14)6-10)7-15-8-13(16)4-5-17-9-13/h2-3,6,15-16H,4-5,7-9H2,1H3/t13-/m1/s1. The van der Waals surface area contributed by atoms with Crippen LogP contribution in [0, 0.1) is 6.92 Å². The molecule has 0 spiro atoms. The second-order valence-electron chi connectivity index (χ2n) is 4.73. The summed E-state index contributed by atoms with van der Waals surface area (Å²) >= 11 is 5.40. The van der Waals surface area contributed by atoms with E-state index >= 15 is 0 Å². The number of halogens is 1. The number of aryl methyl sites for hydroxylation is 1. The molecule has 2 nitrogen and oxygen atoms in total. The topological polar surface area (TPSA) is 32.3 Å². The van der Waals surface area contributed by atoms with E-state index in [-0.39, 0.29) is 0 Å². The van der Waals surface area contributed by atoms with Gasteiger partial charge < -0.3 is 10.4 Å². The predicted molar refractivity (Wildman–Crippen MR) is 77.5 cm³/mol. The molecule has 0 aliphatic carbocycles. The minimum absolute atomic E-state index is 0.498. The van der Waals surface area contributed by atoms with Crippen molar-refractivity contribution >= 4 is 27.7 Å². The Balaban J connectivity index is 1.85. The van der Waals surface area contributed by atoms with Gasteiger partial charge in [0, 0.05) is 23.3 Å². The van der Waals surface area contributed by atoms with E-state index in [0.29, 0.717) is 6.54 Å². The highest BCUT2D eigenvalue weighted by molar-refractivity contribution is 9.10. The second kappa shape index (κ2) is 5.74. The van der Waals surface area contributed by atoms with E-state index in [2.05, 4.69) is 46.4 Å². The molecule has 1 aromatic carbocycles. The molecular weight excluding hydrogens is 298 g/mol. The van der Waals surface area contributed by atoms with Gasteiger partial charge in [-0.1, -0.05) is 28.1 Å². The van der Waals surface area contributed by atoms with Gasteiger partial charge in [-0.2, -0.15) is 11.8 Å². The molecule has 0 amide bonds. The maximum absolute atomic E-state index is 10.2. The van der Waals surface area contributed by atoms with Crippen LogP contribution in [0.5, 0.6) is 0 Å². The number of aliphatic hydroxyl groups is 1. The molecule has 4 heteroatoms. The summed E-state index contributed by atoms with van der Waals surface area (Å²) in [6.45, 7) is 3.56. The first-order chi connectivity index (χ1) is 8.09. The van der Waals surface area contributed by atoms with Crippen LogP contribution in [0.25, 0.3) is 0 Å². The van der Waals surface area contributed by atoms with E-state index in [1.54, 1.807) is 0 Å². The van der Waals surface area contributed by atoms with Gasteiger partial charge in [-0.05, 0) is 36.3 Å². The van der Waals surface area contributed by atoms with Crippen LogP contribution in [0.15, 0.2) is 22.7 Å². The van der Waals surface area contributed by atoms with Crippen LogP contribution in [0.1, 0.15) is 17.5 Å². The zero-order chi connectivity index (χ0) is 12.3. The minimum Gasteiger partial charge on any atom is -0.388 e. The van der Waals surface area contributed by atoms with E-state index in [9.17, 15) is 5.11 Å². The Morgan fingerprint density at radius 1 is 1.53 bits per heavy atom. The molecule has 94 valence electrons. The van der Waals surface area contributed by atoms with Gasteiger partial charge in [-0.3, -0.25) is 0 Å². The number of benzene rings is 1. The Morgan fingerprint density at radius 3 is 3.00 bits per heavy atom. The fourth-order valence-corrected chi connectivity index (χ4v) is 3.89. The molecule has 0 radical (unpaired) electrons. The molecule has 1 aliphatic heterocycles. The summed E-state index contributed by atoms with van der Waals surface area (Å²) in [7, 11) is 0. The fourth-order valence-electron chi connectivity index (χ4n) is 1.96. The maximum atomic E-state index is 10.2. The van der Waals surface area contributed by atoms with Crippen LogP contribution in [0.2, 0.25) is 0 Å². The smallest absolute Gasteiger partial charge is 0.0869 e. The summed E-state index contributed by atoms with van der Waals surface area (Å²) < 4.78 is 1.14. The average molecular weight is 316 g/mol. The Kier molecular flexibility index (Phi) is 4.53. The zero-order valence-electron chi connectivity index (χ0n) is 10.0. The largest absolute Gasteiger partial charge is 0.388 e. The first-order valence-corrected chi connectivity index (χ1v) is 7.80. The molecule has 1 atom stereocenters. The Morgan fingerprint density at radius 2 is 2.35 bits per heavy atom. The van der Waals surface area contributed by atoms with Gasteiger partial charge in [0.25, 0.3) is 0 Å². The van der Waals surface area contributed by atoms with Gasteiger partial charge >= 0.3 is 0 Å². The number of hydrogen-bond acceptors (Lipinski definition) is 3. The van der Waals surface area contributed by atoms with Crippen molar-refractivity contribution in [3.05, 3.63) is 33.8 Å². The van der Waals surface area contributed by atoms with Gasteiger partial charge in [0.05, 0.1) is 5.60 Å². The molecule has 2 rings (SSSR count). The monoisotopic (exact) mass is 315 g/mol. The van der Waals surface area contributed by atoms with E-state index in [1.165, 1.54) is 11.1 Å². The van der Waals surface area contributed by atoms with Crippen molar-refractivity contribution in [2.24, 2.45) is 0 Å². The Bertz CT molecular complexity index is 391. The maximum Gasteiger partial charge on any atom is 0.0869 e. The van der Waals surface area contributed by atoms with Crippen LogP contribution >= 0.6 is 27.7 Å². The lowest BCUT2D eigenvalue weighted by atomic mass is 10.0. The number of nitrogens with one attached hydrogen (secondary N) is 1. The fraction of sp³-hybridized carbons (Fsp3) is 0.538. The highest BCUT2D eigenvalue weighted by Crippen LogP contribution is 2.27. The summed E-state index contributed by atoms with van der Waals surface area (Å²) in [6.07, 6.45) is 0.903. The van der Waals surface area contributed by atoms with Crippen molar-refractivity contribution in [3.63, 3.8) is 0 Å². The summed E-state index contributed by atoms with van der Waals surface area (Å²) in [6, 6.07) is 6.36. The summed E-state index contributed by atoms with van der Waals surface area (Å²) in [5.41, 5.74) is 2.00. The second-order valence-corrected chi connectivity index (χ2v) is 6.68. The zero-order valence-corrected chi connectivity index (χ0v) is 12.4.